The summed E-state index contributed by atoms with van der Waals surface area (Å²) in [5.41, 5.74) is 6.63. The number of carboxylic acid groups (broad SMARTS) is 1. The van der Waals surface area contributed by atoms with Crippen molar-refractivity contribution in [2.45, 2.75) is 19.4 Å². The minimum absolute atomic E-state index is 0.131. The zero-order valence-electron chi connectivity index (χ0n) is 17.2. The van der Waals surface area contributed by atoms with E-state index in [0.717, 1.165) is 33.6 Å². The smallest absolute Gasteiger partial charge is 0.303 e. The fraction of sp³-hybridized carbons (Fsp3) is 0.107. The third-order valence-electron chi connectivity index (χ3n) is 5.19. The Labute approximate surface area is 182 Å². The van der Waals surface area contributed by atoms with Crippen molar-refractivity contribution in [3.8, 4) is 28.0 Å². The van der Waals surface area contributed by atoms with Crippen molar-refractivity contribution in [1.29, 1.82) is 0 Å². The first-order valence-electron chi connectivity index (χ1n) is 10.4. The van der Waals surface area contributed by atoms with Gasteiger partial charge in [0.25, 0.3) is 0 Å². The first-order valence-corrected chi connectivity index (χ1v) is 10.4. The Morgan fingerprint density at radius 3 is 2.00 bits per heavy atom. The maximum atomic E-state index is 10.8. The summed E-state index contributed by atoms with van der Waals surface area (Å²) in [6, 6.07) is 34.8. The monoisotopic (exact) mass is 408 g/mol. The van der Waals surface area contributed by atoms with E-state index in [1.165, 1.54) is 5.56 Å². The van der Waals surface area contributed by atoms with E-state index in [2.05, 4.69) is 36.4 Å². The Morgan fingerprint density at radius 1 is 0.677 bits per heavy atom. The molecule has 0 saturated carbocycles. The molecule has 3 nitrogen and oxygen atoms in total. The Bertz CT molecular complexity index is 1150. The molecule has 0 spiro atoms. The van der Waals surface area contributed by atoms with Crippen molar-refractivity contribution in [2.24, 2.45) is 0 Å². The molecule has 4 aromatic carbocycles. The fourth-order valence-corrected chi connectivity index (χ4v) is 3.63. The summed E-state index contributed by atoms with van der Waals surface area (Å²) >= 11 is 0. The number of aryl methyl sites for hydroxylation is 1. The second-order valence-corrected chi connectivity index (χ2v) is 7.44. The Balaban J connectivity index is 1.57. The van der Waals surface area contributed by atoms with Crippen molar-refractivity contribution < 1.29 is 14.6 Å². The third-order valence-corrected chi connectivity index (χ3v) is 5.19. The van der Waals surface area contributed by atoms with Crippen LogP contribution in [0.4, 0.5) is 0 Å². The minimum atomic E-state index is -0.784. The van der Waals surface area contributed by atoms with Gasteiger partial charge in [-0.3, -0.25) is 4.79 Å². The largest absolute Gasteiger partial charge is 0.489 e. The molecule has 0 aromatic heterocycles. The van der Waals surface area contributed by atoms with E-state index < -0.39 is 5.97 Å². The molecule has 0 amide bonds. The van der Waals surface area contributed by atoms with E-state index in [1.807, 2.05) is 66.7 Å². The molecule has 0 aliphatic carbocycles. The molecular formula is C28H24O3. The number of hydrogen-bond donors (Lipinski definition) is 1. The van der Waals surface area contributed by atoms with Crippen LogP contribution in [0, 0.1) is 0 Å². The molecule has 0 saturated heterocycles. The number of benzene rings is 4. The highest BCUT2D eigenvalue weighted by Crippen LogP contribution is 2.35. The summed E-state index contributed by atoms with van der Waals surface area (Å²) in [5, 5.41) is 8.90. The molecule has 4 rings (SSSR count). The Morgan fingerprint density at radius 2 is 1.32 bits per heavy atom. The number of carbonyl (C=O) groups is 1. The molecule has 0 atom stereocenters. The molecule has 0 aliphatic heterocycles. The van der Waals surface area contributed by atoms with Gasteiger partial charge in [-0.05, 0) is 51.9 Å². The molecule has 0 fully saturated rings. The van der Waals surface area contributed by atoms with Crippen LogP contribution >= 0.6 is 0 Å². The molecule has 0 bridgehead atoms. The summed E-state index contributed by atoms with van der Waals surface area (Å²) in [6.07, 6.45) is 0.652. The molecule has 31 heavy (non-hydrogen) atoms. The molecule has 0 radical (unpaired) electrons. The van der Waals surface area contributed by atoms with E-state index in [1.54, 1.807) is 0 Å². The summed E-state index contributed by atoms with van der Waals surface area (Å²) in [5.74, 6) is 0.0167. The van der Waals surface area contributed by atoms with Crippen molar-refractivity contribution >= 4 is 5.97 Å². The SMILES string of the molecule is O=C(O)CCc1cccc(COc2ccc(-c3ccccc3)c(-c3ccccc3)c2)c1. The van der Waals surface area contributed by atoms with Crippen LogP contribution in [0.3, 0.4) is 0 Å². The lowest BCUT2D eigenvalue weighted by Gasteiger charge is -2.14. The standard InChI is InChI=1S/C28H24O3/c29-28(30)17-14-21-8-7-9-22(18-21)20-31-25-15-16-26(23-10-3-1-4-11-23)27(19-25)24-12-5-2-6-13-24/h1-13,15-16,18-19H,14,17,20H2,(H,29,30). The van der Waals surface area contributed by atoms with Crippen LogP contribution in [0.5, 0.6) is 5.75 Å². The van der Waals surface area contributed by atoms with Crippen molar-refractivity contribution in [3.05, 3.63) is 114 Å². The highest BCUT2D eigenvalue weighted by Gasteiger charge is 2.10. The van der Waals surface area contributed by atoms with Gasteiger partial charge in [0.15, 0.2) is 0 Å². The predicted octanol–water partition coefficient (Wildman–Crippen LogP) is 6.62. The summed E-state index contributed by atoms with van der Waals surface area (Å²) in [7, 11) is 0. The van der Waals surface area contributed by atoms with Gasteiger partial charge >= 0.3 is 5.97 Å². The van der Waals surface area contributed by atoms with E-state index in [9.17, 15) is 4.79 Å². The quantitative estimate of drug-likeness (QED) is 0.356. The number of ether oxygens (including phenoxy) is 1. The van der Waals surface area contributed by atoms with Gasteiger partial charge in [0.05, 0.1) is 0 Å². The topological polar surface area (TPSA) is 46.5 Å². The van der Waals surface area contributed by atoms with E-state index >= 15 is 0 Å². The third kappa shape index (κ3) is 5.40. The summed E-state index contributed by atoms with van der Waals surface area (Å²) in [6.45, 7) is 0.430. The number of carboxylic acids is 1. The van der Waals surface area contributed by atoms with Crippen LogP contribution in [-0.4, -0.2) is 11.1 Å². The van der Waals surface area contributed by atoms with E-state index in [-0.39, 0.29) is 6.42 Å². The lowest BCUT2D eigenvalue weighted by molar-refractivity contribution is -0.136. The summed E-state index contributed by atoms with van der Waals surface area (Å²) < 4.78 is 6.11. The van der Waals surface area contributed by atoms with Gasteiger partial charge in [0.1, 0.15) is 12.4 Å². The molecule has 4 aromatic rings. The second-order valence-electron chi connectivity index (χ2n) is 7.44. The fourth-order valence-electron chi connectivity index (χ4n) is 3.63. The maximum absolute atomic E-state index is 10.8. The Kier molecular flexibility index (Phi) is 6.44. The highest BCUT2D eigenvalue weighted by atomic mass is 16.5. The molecule has 0 aliphatic rings. The van der Waals surface area contributed by atoms with Crippen LogP contribution < -0.4 is 4.74 Å². The van der Waals surface area contributed by atoms with Crippen LogP contribution in [0.1, 0.15) is 17.5 Å². The van der Waals surface area contributed by atoms with Gasteiger partial charge in [-0.1, -0.05) is 91.0 Å². The average molecular weight is 408 g/mol. The second kappa shape index (κ2) is 9.77. The van der Waals surface area contributed by atoms with Gasteiger partial charge in [-0.25, -0.2) is 0 Å². The van der Waals surface area contributed by atoms with Crippen LogP contribution in [0.15, 0.2) is 103 Å². The van der Waals surface area contributed by atoms with Gasteiger partial charge < -0.3 is 9.84 Å². The average Bonchev–Trinajstić information content (AvgIpc) is 2.83. The molecule has 0 unspecified atom stereocenters. The van der Waals surface area contributed by atoms with Crippen molar-refractivity contribution in [1.82, 2.24) is 0 Å². The van der Waals surface area contributed by atoms with Crippen LogP contribution in [0.25, 0.3) is 22.3 Å². The number of aliphatic carboxylic acids is 1. The van der Waals surface area contributed by atoms with Gasteiger partial charge in [0, 0.05) is 6.42 Å². The Hall–Kier alpha value is -3.85. The van der Waals surface area contributed by atoms with Gasteiger partial charge in [0.2, 0.25) is 0 Å². The number of hydrogen-bond acceptors (Lipinski definition) is 2. The lowest BCUT2D eigenvalue weighted by atomic mass is 9.94. The van der Waals surface area contributed by atoms with E-state index in [4.69, 9.17) is 9.84 Å². The van der Waals surface area contributed by atoms with Crippen molar-refractivity contribution in [2.75, 3.05) is 0 Å². The first-order chi connectivity index (χ1) is 15.2. The molecule has 3 heteroatoms. The first kappa shape index (κ1) is 20.4. The van der Waals surface area contributed by atoms with Crippen LogP contribution in [-0.2, 0) is 17.8 Å². The van der Waals surface area contributed by atoms with Gasteiger partial charge in [-0.15, -0.1) is 0 Å². The summed E-state index contributed by atoms with van der Waals surface area (Å²) in [4.78, 5) is 10.8. The van der Waals surface area contributed by atoms with Crippen LogP contribution in [0.2, 0.25) is 0 Å². The lowest BCUT2D eigenvalue weighted by Crippen LogP contribution is -2.00. The van der Waals surface area contributed by atoms with Gasteiger partial charge in [-0.2, -0.15) is 0 Å². The van der Waals surface area contributed by atoms with E-state index in [0.29, 0.717) is 13.0 Å². The molecular weight excluding hydrogens is 384 g/mol. The number of rotatable bonds is 8. The minimum Gasteiger partial charge on any atom is -0.489 e. The normalized spacial score (nSPS) is 10.6. The predicted molar refractivity (Wildman–Crippen MR) is 124 cm³/mol. The zero-order chi connectivity index (χ0) is 21.5. The zero-order valence-corrected chi connectivity index (χ0v) is 17.2. The highest BCUT2D eigenvalue weighted by molar-refractivity contribution is 5.84. The van der Waals surface area contributed by atoms with Crippen molar-refractivity contribution in [3.63, 3.8) is 0 Å². The molecule has 154 valence electrons. The molecule has 1 N–H and O–H groups in total. The molecule has 0 heterocycles. The maximum Gasteiger partial charge on any atom is 0.303 e.